The van der Waals surface area contributed by atoms with Gasteiger partial charge in [0.2, 0.25) is 0 Å². The molecule has 6 heteroatoms. The highest BCUT2D eigenvalue weighted by molar-refractivity contribution is 5.94. The average Bonchev–Trinajstić information content (AvgIpc) is 3.30. The molecule has 5 rings (SSSR count). The van der Waals surface area contributed by atoms with E-state index in [0.717, 1.165) is 46.2 Å². The molecular weight excluding hydrogens is 356 g/mol. The van der Waals surface area contributed by atoms with Crippen molar-refractivity contribution >= 4 is 16.9 Å². The molecule has 0 radical (unpaired) electrons. The second-order valence-corrected chi connectivity index (χ2v) is 8.03. The number of esters is 1. The predicted molar refractivity (Wildman–Crippen MR) is 104 cm³/mol. The normalized spacial score (nSPS) is 18.4. The molecule has 6 nitrogen and oxygen atoms in total. The molecule has 3 aromatic rings. The standard InChI is InChI=1S/C22H22N2O4/c1-11(2)24-16(7-8-23-24)15-10-18(25)28-21-19(15)12(3)9-17-20(21)13-5-4-6-14(13)22(26)27-17/h7-9,11,15H,4-6,10H2,1-3H3/t15-/m1/s1. The van der Waals surface area contributed by atoms with Gasteiger partial charge in [0, 0.05) is 35.0 Å². The number of rotatable bonds is 2. The fraction of sp³-hybridized carbons (Fsp3) is 0.409. The number of ether oxygens (including phenoxy) is 1. The highest BCUT2D eigenvalue weighted by Gasteiger charge is 2.36. The smallest absolute Gasteiger partial charge is 0.339 e. The highest BCUT2D eigenvalue weighted by Crippen LogP contribution is 2.47. The fourth-order valence-corrected chi connectivity index (χ4v) is 4.79. The number of benzene rings is 1. The van der Waals surface area contributed by atoms with E-state index in [2.05, 4.69) is 18.9 Å². The first-order valence-electron chi connectivity index (χ1n) is 9.82. The maximum absolute atomic E-state index is 12.6. The summed E-state index contributed by atoms with van der Waals surface area (Å²) in [5.74, 6) is 0.169. The molecular formula is C22H22N2O4. The molecule has 0 amide bonds. The lowest BCUT2D eigenvalue weighted by Crippen LogP contribution is -2.25. The van der Waals surface area contributed by atoms with Gasteiger partial charge in [-0.05, 0) is 63.3 Å². The maximum atomic E-state index is 12.6. The molecule has 1 aliphatic carbocycles. The van der Waals surface area contributed by atoms with Crippen LogP contribution in [0.5, 0.6) is 5.75 Å². The Kier molecular flexibility index (Phi) is 3.73. The molecule has 144 valence electrons. The third-order valence-electron chi connectivity index (χ3n) is 5.94. The van der Waals surface area contributed by atoms with Crippen molar-refractivity contribution in [1.82, 2.24) is 9.78 Å². The predicted octanol–water partition coefficient (Wildman–Crippen LogP) is 3.81. The van der Waals surface area contributed by atoms with Crippen LogP contribution in [-0.2, 0) is 17.6 Å². The molecule has 1 aromatic carbocycles. The maximum Gasteiger partial charge on any atom is 0.339 e. The van der Waals surface area contributed by atoms with Crippen LogP contribution in [0.4, 0.5) is 0 Å². The molecule has 3 heterocycles. The van der Waals surface area contributed by atoms with Gasteiger partial charge in [-0.1, -0.05) is 0 Å². The Morgan fingerprint density at radius 1 is 1.21 bits per heavy atom. The van der Waals surface area contributed by atoms with Crippen molar-refractivity contribution in [3.8, 4) is 5.75 Å². The molecule has 1 atom stereocenters. The molecule has 0 N–H and O–H groups in total. The minimum atomic E-state index is -0.268. The van der Waals surface area contributed by atoms with Crippen LogP contribution in [0.1, 0.15) is 66.6 Å². The molecule has 2 aliphatic rings. The van der Waals surface area contributed by atoms with E-state index in [0.29, 0.717) is 17.8 Å². The van der Waals surface area contributed by atoms with Gasteiger partial charge >= 0.3 is 11.6 Å². The van der Waals surface area contributed by atoms with Crippen molar-refractivity contribution in [2.45, 2.75) is 58.4 Å². The number of hydrogen-bond donors (Lipinski definition) is 0. The number of carbonyl (C=O) groups is 1. The van der Waals surface area contributed by atoms with Crippen LogP contribution in [0.15, 0.2) is 27.5 Å². The monoisotopic (exact) mass is 378 g/mol. The van der Waals surface area contributed by atoms with Gasteiger partial charge in [0.1, 0.15) is 11.3 Å². The second kappa shape index (κ2) is 6.06. The summed E-state index contributed by atoms with van der Waals surface area (Å²) in [6.45, 7) is 6.13. The molecule has 0 saturated carbocycles. The van der Waals surface area contributed by atoms with Crippen molar-refractivity contribution < 1.29 is 13.9 Å². The van der Waals surface area contributed by atoms with Crippen LogP contribution in [-0.4, -0.2) is 15.7 Å². The summed E-state index contributed by atoms with van der Waals surface area (Å²) in [7, 11) is 0. The zero-order valence-corrected chi connectivity index (χ0v) is 16.2. The van der Waals surface area contributed by atoms with E-state index in [1.54, 1.807) is 6.20 Å². The minimum absolute atomic E-state index is 0.130. The van der Waals surface area contributed by atoms with E-state index in [1.807, 2.05) is 23.7 Å². The lowest BCUT2D eigenvalue weighted by atomic mass is 9.84. The van der Waals surface area contributed by atoms with E-state index in [4.69, 9.17) is 9.15 Å². The lowest BCUT2D eigenvalue weighted by Gasteiger charge is -2.29. The van der Waals surface area contributed by atoms with Crippen LogP contribution in [0.25, 0.3) is 11.0 Å². The van der Waals surface area contributed by atoms with Gasteiger partial charge < -0.3 is 9.15 Å². The van der Waals surface area contributed by atoms with Crippen LogP contribution >= 0.6 is 0 Å². The molecule has 0 spiro atoms. The topological polar surface area (TPSA) is 74.3 Å². The first kappa shape index (κ1) is 17.2. The van der Waals surface area contributed by atoms with E-state index < -0.39 is 0 Å². The first-order chi connectivity index (χ1) is 13.5. The van der Waals surface area contributed by atoms with Crippen LogP contribution < -0.4 is 10.4 Å². The Morgan fingerprint density at radius 3 is 2.79 bits per heavy atom. The Bertz CT molecular complexity index is 1190. The van der Waals surface area contributed by atoms with Gasteiger partial charge in [-0.2, -0.15) is 5.10 Å². The van der Waals surface area contributed by atoms with Crippen molar-refractivity contribution in [1.29, 1.82) is 0 Å². The summed E-state index contributed by atoms with van der Waals surface area (Å²) in [5.41, 5.74) is 4.90. The lowest BCUT2D eigenvalue weighted by molar-refractivity contribution is -0.135. The van der Waals surface area contributed by atoms with Crippen molar-refractivity contribution in [3.63, 3.8) is 0 Å². The number of nitrogens with zero attached hydrogens (tertiary/aromatic N) is 2. The Morgan fingerprint density at radius 2 is 2.00 bits per heavy atom. The first-order valence-corrected chi connectivity index (χ1v) is 9.82. The van der Waals surface area contributed by atoms with Gasteiger partial charge in [0.15, 0.2) is 0 Å². The summed E-state index contributed by atoms with van der Waals surface area (Å²) in [4.78, 5) is 24.9. The molecule has 1 aliphatic heterocycles. The third kappa shape index (κ3) is 2.37. The summed E-state index contributed by atoms with van der Waals surface area (Å²) in [5, 5.41) is 5.25. The number of aryl methyl sites for hydroxylation is 2. The number of hydrogen-bond acceptors (Lipinski definition) is 5. The molecule has 0 unspecified atom stereocenters. The SMILES string of the molecule is Cc1cc2oc(=O)c3c(c2c2c1[C@@H](c1ccnn1C(C)C)CC(=O)O2)CCC3. The quantitative estimate of drug-likeness (QED) is 0.385. The molecule has 28 heavy (non-hydrogen) atoms. The molecule has 0 saturated heterocycles. The summed E-state index contributed by atoms with van der Waals surface area (Å²) in [6, 6.07) is 4.08. The van der Waals surface area contributed by atoms with Gasteiger partial charge in [-0.15, -0.1) is 0 Å². The van der Waals surface area contributed by atoms with E-state index >= 15 is 0 Å². The van der Waals surface area contributed by atoms with E-state index in [-0.39, 0.29) is 30.0 Å². The Labute approximate surface area is 162 Å². The Hall–Kier alpha value is -2.89. The van der Waals surface area contributed by atoms with Crippen molar-refractivity contribution in [2.75, 3.05) is 0 Å². The van der Waals surface area contributed by atoms with E-state index in [1.165, 1.54) is 0 Å². The fourth-order valence-electron chi connectivity index (χ4n) is 4.79. The summed E-state index contributed by atoms with van der Waals surface area (Å²) < 4.78 is 13.4. The number of fused-ring (bicyclic) bond motifs is 5. The second-order valence-electron chi connectivity index (χ2n) is 8.03. The van der Waals surface area contributed by atoms with Crippen molar-refractivity contribution in [3.05, 3.63) is 56.7 Å². The van der Waals surface area contributed by atoms with Gasteiger partial charge in [-0.3, -0.25) is 9.48 Å². The molecule has 2 aromatic heterocycles. The van der Waals surface area contributed by atoms with Crippen molar-refractivity contribution in [2.24, 2.45) is 0 Å². The van der Waals surface area contributed by atoms with E-state index in [9.17, 15) is 9.59 Å². The number of aromatic nitrogens is 2. The zero-order valence-electron chi connectivity index (χ0n) is 16.2. The molecule has 0 bridgehead atoms. The van der Waals surface area contributed by atoms with Gasteiger partial charge in [0.05, 0.1) is 11.8 Å². The molecule has 0 fully saturated rings. The summed E-state index contributed by atoms with van der Waals surface area (Å²) >= 11 is 0. The third-order valence-corrected chi connectivity index (χ3v) is 5.94. The summed E-state index contributed by atoms with van der Waals surface area (Å²) in [6.07, 6.45) is 4.49. The van der Waals surface area contributed by atoms with Crippen LogP contribution in [0, 0.1) is 6.92 Å². The average molecular weight is 378 g/mol. The van der Waals surface area contributed by atoms with Crippen LogP contribution in [0.3, 0.4) is 0 Å². The minimum Gasteiger partial charge on any atom is -0.425 e. The number of carbonyl (C=O) groups excluding carboxylic acids is 1. The zero-order chi connectivity index (χ0) is 19.6. The largest absolute Gasteiger partial charge is 0.425 e. The van der Waals surface area contributed by atoms with Gasteiger partial charge in [-0.25, -0.2) is 4.79 Å². The Balaban J connectivity index is 1.84. The van der Waals surface area contributed by atoms with Crippen LogP contribution in [0.2, 0.25) is 0 Å². The van der Waals surface area contributed by atoms with Gasteiger partial charge in [0.25, 0.3) is 0 Å². The highest BCUT2D eigenvalue weighted by atomic mass is 16.5.